The number of hydrogen-bond donors (Lipinski definition) is 1. The molecule has 0 saturated heterocycles. The van der Waals surface area contributed by atoms with E-state index in [9.17, 15) is 0 Å². The molecule has 15 heavy (non-hydrogen) atoms. The quantitative estimate of drug-likeness (QED) is 0.753. The summed E-state index contributed by atoms with van der Waals surface area (Å²) in [5.41, 5.74) is 2.86. The third-order valence-electron chi connectivity index (χ3n) is 2.66. The second kappa shape index (κ2) is 6.33. The van der Waals surface area contributed by atoms with Crippen molar-refractivity contribution in [3.63, 3.8) is 0 Å². The van der Waals surface area contributed by atoms with Crippen molar-refractivity contribution in [3.05, 3.63) is 34.3 Å². The van der Waals surface area contributed by atoms with Crippen LogP contribution in [0.1, 0.15) is 24.0 Å². The van der Waals surface area contributed by atoms with E-state index >= 15 is 0 Å². The van der Waals surface area contributed by atoms with Crippen LogP contribution in [-0.4, -0.2) is 18.6 Å². The summed E-state index contributed by atoms with van der Waals surface area (Å²) in [6.45, 7) is 4.39. The monoisotopic (exact) mass is 249 g/mol. The Bertz CT molecular complexity index is 317. The molecule has 0 bridgehead atoms. The van der Waals surface area contributed by atoms with Crippen LogP contribution < -0.4 is 5.32 Å². The first-order chi connectivity index (χ1) is 6.27. The number of rotatable bonds is 0. The largest absolute Gasteiger partial charge is 0.412 e. The Morgan fingerprint density at radius 2 is 2.13 bits per heavy atom. The minimum Gasteiger partial charge on any atom is -0.412 e. The number of nitrogens with one attached hydrogen (secondary N) is 1. The van der Waals surface area contributed by atoms with Gasteiger partial charge in [-0.05, 0) is 42.1 Å². The fraction of sp³-hybridized carbons (Fsp3) is 0.455. The van der Waals surface area contributed by atoms with Crippen molar-refractivity contribution in [2.75, 3.05) is 13.1 Å². The van der Waals surface area contributed by atoms with Crippen LogP contribution in [0.3, 0.4) is 0 Å². The van der Waals surface area contributed by atoms with Crippen molar-refractivity contribution in [3.8, 4) is 0 Å². The average molecular weight is 250 g/mol. The third-order valence-corrected chi connectivity index (χ3v) is 2.90. The Labute approximate surface area is 102 Å². The van der Waals surface area contributed by atoms with E-state index in [1.54, 1.807) is 0 Å². The number of halogens is 2. The Hall–Kier alpha value is -0.280. The molecule has 0 aliphatic carbocycles. The fourth-order valence-corrected chi connectivity index (χ4v) is 2.08. The normalized spacial score (nSPS) is 19.2. The zero-order valence-electron chi connectivity index (χ0n) is 8.72. The van der Waals surface area contributed by atoms with Gasteiger partial charge in [0.25, 0.3) is 0 Å². The summed E-state index contributed by atoms with van der Waals surface area (Å²) < 4.78 is 0. The molecule has 1 atom stereocenters. The van der Waals surface area contributed by atoms with Crippen LogP contribution in [-0.2, 0) is 6.42 Å². The van der Waals surface area contributed by atoms with Crippen molar-refractivity contribution < 1.29 is 5.48 Å². The van der Waals surface area contributed by atoms with Gasteiger partial charge in [0.2, 0.25) is 0 Å². The van der Waals surface area contributed by atoms with Gasteiger partial charge in [-0.3, -0.25) is 0 Å². The molecule has 0 radical (unpaired) electrons. The highest BCUT2D eigenvalue weighted by molar-refractivity contribution is 6.30. The first-order valence-electron chi connectivity index (χ1n) is 4.76. The molecule has 0 amide bonds. The first kappa shape index (κ1) is 14.7. The van der Waals surface area contributed by atoms with Crippen molar-refractivity contribution in [2.24, 2.45) is 0 Å². The van der Waals surface area contributed by atoms with Crippen LogP contribution in [0.15, 0.2) is 18.2 Å². The van der Waals surface area contributed by atoms with Gasteiger partial charge in [-0.1, -0.05) is 24.6 Å². The smallest absolute Gasteiger partial charge is 0.0409 e. The molecule has 0 fully saturated rings. The molecule has 1 aliphatic rings. The minimum absolute atomic E-state index is 0. The van der Waals surface area contributed by atoms with Gasteiger partial charge in [0.1, 0.15) is 0 Å². The van der Waals surface area contributed by atoms with E-state index in [2.05, 4.69) is 24.4 Å². The van der Waals surface area contributed by atoms with Crippen LogP contribution in [0.2, 0.25) is 5.02 Å². The lowest BCUT2D eigenvalue weighted by Gasteiger charge is -2.11. The van der Waals surface area contributed by atoms with Crippen LogP contribution in [0.5, 0.6) is 0 Å². The van der Waals surface area contributed by atoms with Crippen LogP contribution in [0.25, 0.3) is 0 Å². The van der Waals surface area contributed by atoms with E-state index in [4.69, 9.17) is 11.6 Å². The van der Waals surface area contributed by atoms with Gasteiger partial charge in [0.15, 0.2) is 0 Å². The zero-order chi connectivity index (χ0) is 9.26. The molecule has 0 unspecified atom stereocenters. The predicted octanol–water partition coefficient (Wildman–Crippen LogP) is 2.19. The van der Waals surface area contributed by atoms with Crippen molar-refractivity contribution in [1.82, 2.24) is 5.32 Å². The lowest BCUT2D eigenvalue weighted by Crippen LogP contribution is -2.18. The summed E-state index contributed by atoms with van der Waals surface area (Å²) in [7, 11) is 0. The summed E-state index contributed by atoms with van der Waals surface area (Å²) in [6, 6.07) is 6.24. The third kappa shape index (κ3) is 3.35. The lowest BCUT2D eigenvalue weighted by atomic mass is 9.96. The summed E-state index contributed by atoms with van der Waals surface area (Å²) in [6.07, 6.45) is 1.12. The number of fused-ring (bicyclic) bond motifs is 1. The SMILES string of the molecule is C[C@H]1CNCCc2ccc(Cl)cc21.Cl.O. The van der Waals surface area contributed by atoms with Crippen LogP contribution in [0.4, 0.5) is 0 Å². The zero-order valence-corrected chi connectivity index (χ0v) is 10.3. The Morgan fingerprint density at radius 3 is 2.87 bits per heavy atom. The van der Waals surface area contributed by atoms with Gasteiger partial charge < -0.3 is 10.8 Å². The summed E-state index contributed by atoms with van der Waals surface area (Å²) in [5.74, 6) is 0.580. The van der Waals surface area contributed by atoms with E-state index in [0.29, 0.717) is 5.92 Å². The number of hydrogen-bond acceptors (Lipinski definition) is 1. The second-order valence-corrected chi connectivity index (χ2v) is 4.13. The maximum atomic E-state index is 5.97. The Kier molecular flexibility index (Phi) is 6.22. The molecule has 2 nitrogen and oxygen atoms in total. The molecular formula is C11H17Cl2NO. The molecule has 3 N–H and O–H groups in total. The molecule has 1 aliphatic heterocycles. The van der Waals surface area contributed by atoms with E-state index in [1.807, 2.05) is 6.07 Å². The van der Waals surface area contributed by atoms with Gasteiger partial charge in [-0.2, -0.15) is 0 Å². The van der Waals surface area contributed by atoms with E-state index in [0.717, 1.165) is 24.5 Å². The number of benzene rings is 1. The minimum atomic E-state index is 0. The topological polar surface area (TPSA) is 43.5 Å². The molecule has 1 aromatic carbocycles. The molecule has 86 valence electrons. The van der Waals surface area contributed by atoms with Gasteiger partial charge in [-0.25, -0.2) is 0 Å². The molecule has 0 spiro atoms. The van der Waals surface area contributed by atoms with Crippen molar-refractivity contribution in [2.45, 2.75) is 19.3 Å². The van der Waals surface area contributed by atoms with E-state index in [1.165, 1.54) is 11.1 Å². The van der Waals surface area contributed by atoms with Crippen LogP contribution >= 0.6 is 24.0 Å². The fourth-order valence-electron chi connectivity index (χ4n) is 1.90. The lowest BCUT2D eigenvalue weighted by molar-refractivity contribution is 0.644. The highest BCUT2D eigenvalue weighted by atomic mass is 35.5. The summed E-state index contributed by atoms with van der Waals surface area (Å²) >= 11 is 5.97. The molecule has 0 aromatic heterocycles. The highest BCUT2D eigenvalue weighted by Gasteiger charge is 2.13. The summed E-state index contributed by atoms with van der Waals surface area (Å²) in [4.78, 5) is 0. The summed E-state index contributed by atoms with van der Waals surface area (Å²) in [5, 5.41) is 4.27. The first-order valence-corrected chi connectivity index (χ1v) is 5.14. The maximum absolute atomic E-state index is 5.97. The molecule has 4 heteroatoms. The predicted molar refractivity (Wildman–Crippen MR) is 67.3 cm³/mol. The molecule has 0 saturated carbocycles. The molecule has 1 aromatic rings. The standard InChI is InChI=1S/C11H14ClN.ClH.H2O/c1-8-7-13-5-4-9-2-3-10(12)6-11(8)9;;/h2-3,6,8,13H,4-5,7H2,1H3;1H;1H2/t8-;;/m0../s1. The second-order valence-electron chi connectivity index (χ2n) is 3.70. The molecular weight excluding hydrogens is 233 g/mol. The van der Waals surface area contributed by atoms with E-state index < -0.39 is 0 Å². The van der Waals surface area contributed by atoms with Crippen LogP contribution in [0, 0.1) is 0 Å². The van der Waals surface area contributed by atoms with Gasteiger partial charge in [0, 0.05) is 11.6 Å². The average Bonchev–Trinajstić information content (AvgIpc) is 2.29. The highest BCUT2D eigenvalue weighted by Crippen LogP contribution is 2.25. The maximum Gasteiger partial charge on any atom is 0.0409 e. The van der Waals surface area contributed by atoms with E-state index in [-0.39, 0.29) is 17.9 Å². The van der Waals surface area contributed by atoms with Gasteiger partial charge in [-0.15, -0.1) is 12.4 Å². The van der Waals surface area contributed by atoms with Gasteiger partial charge >= 0.3 is 0 Å². The van der Waals surface area contributed by atoms with Gasteiger partial charge in [0.05, 0.1) is 0 Å². The Balaban J connectivity index is 0.000000980. The molecule has 2 rings (SSSR count). The van der Waals surface area contributed by atoms with Crippen molar-refractivity contribution in [1.29, 1.82) is 0 Å². The van der Waals surface area contributed by atoms with Crippen molar-refractivity contribution >= 4 is 24.0 Å². The molecule has 1 heterocycles. The Morgan fingerprint density at radius 1 is 1.40 bits per heavy atom.